The van der Waals surface area contributed by atoms with Crippen molar-refractivity contribution in [2.75, 3.05) is 12.5 Å². The van der Waals surface area contributed by atoms with E-state index in [4.69, 9.17) is 22.1 Å². The van der Waals surface area contributed by atoms with Crippen molar-refractivity contribution in [2.45, 2.75) is 29.9 Å². The molecule has 0 bridgehead atoms. The lowest BCUT2D eigenvalue weighted by atomic mass is 10.2. The molecule has 9 nitrogen and oxygen atoms in total. The number of carbonyl (C=O) groups is 1. The van der Waals surface area contributed by atoms with Crippen LogP contribution in [0.1, 0.15) is 23.2 Å². The van der Waals surface area contributed by atoms with E-state index >= 15 is 0 Å². The highest BCUT2D eigenvalue weighted by Gasteiger charge is 2.63. The first-order valence-electron chi connectivity index (χ1n) is 7.32. The van der Waals surface area contributed by atoms with Crippen LogP contribution in [0.25, 0.3) is 0 Å². The summed E-state index contributed by atoms with van der Waals surface area (Å²) < 4.78 is 68.5. The second-order valence-corrected chi connectivity index (χ2v) is 7.74. The topological polar surface area (TPSA) is 139 Å². The number of hydrogen-bond donors (Lipinski definition) is 1. The molecule has 1 fully saturated rings. The molecule has 0 aliphatic heterocycles. The van der Waals surface area contributed by atoms with Gasteiger partial charge >= 0.3 is 15.5 Å². The van der Waals surface area contributed by atoms with Gasteiger partial charge in [-0.2, -0.15) is 27.8 Å². The van der Waals surface area contributed by atoms with Crippen LogP contribution in [0.3, 0.4) is 0 Å². The van der Waals surface area contributed by atoms with Gasteiger partial charge in [0.25, 0.3) is 5.91 Å². The largest absolute Gasteiger partial charge is 0.511 e. The Bertz CT molecular complexity index is 869. The van der Waals surface area contributed by atoms with E-state index in [1.54, 1.807) is 6.07 Å². The van der Waals surface area contributed by atoms with E-state index in [2.05, 4.69) is 10.2 Å². The minimum absolute atomic E-state index is 0.0350. The highest BCUT2D eigenvalue weighted by molar-refractivity contribution is 7.90. The number of halogens is 4. The summed E-state index contributed by atoms with van der Waals surface area (Å²) in [5.41, 5.74) is -2.56. The Labute approximate surface area is 156 Å². The number of nitrogens with two attached hydrogens (primary N) is 1. The maximum absolute atomic E-state index is 13.1. The molecule has 1 aliphatic carbocycles. The highest BCUT2D eigenvalue weighted by Crippen LogP contribution is 2.47. The first-order valence-corrected chi connectivity index (χ1v) is 9.30. The van der Waals surface area contributed by atoms with Crippen molar-refractivity contribution in [1.29, 1.82) is 5.26 Å². The van der Waals surface area contributed by atoms with Gasteiger partial charge in [0.05, 0.1) is 18.3 Å². The van der Waals surface area contributed by atoms with E-state index in [0.29, 0.717) is 0 Å². The summed E-state index contributed by atoms with van der Waals surface area (Å²) in [7, 11) is -5.87. The van der Waals surface area contributed by atoms with Gasteiger partial charge in [0.1, 0.15) is 17.7 Å². The van der Waals surface area contributed by atoms with E-state index in [9.17, 15) is 31.6 Å². The zero-order valence-corrected chi connectivity index (χ0v) is 15.1. The Morgan fingerprint density at radius 2 is 2.15 bits per heavy atom. The SMILES string of the molecule is N#CC1(N([C@H](CCl)COc2nnccc2C(N)=O)S(=O)(=O)C(F)(F)F)CC1. The summed E-state index contributed by atoms with van der Waals surface area (Å²) >= 11 is 5.69. The van der Waals surface area contributed by atoms with Crippen molar-refractivity contribution >= 4 is 27.5 Å². The van der Waals surface area contributed by atoms with Crippen LogP contribution in [0.15, 0.2) is 12.3 Å². The third kappa shape index (κ3) is 4.07. The quantitative estimate of drug-likeness (QED) is 0.604. The summed E-state index contributed by atoms with van der Waals surface area (Å²) in [6.45, 7) is -0.707. The molecule has 1 amide bonds. The van der Waals surface area contributed by atoms with Crippen LogP contribution >= 0.6 is 11.6 Å². The summed E-state index contributed by atoms with van der Waals surface area (Å²) in [6, 6.07) is 1.22. The van der Waals surface area contributed by atoms with Gasteiger partial charge < -0.3 is 10.5 Å². The minimum atomic E-state index is -5.87. The third-order valence-electron chi connectivity index (χ3n) is 3.78. The summed E-state index contributed by atoms with van der Waals surface area (Å²) in [6.07, 6.45) is 0.981. The summed E-state index contributed by atoms with van der Waals surface area (Å²) in [5, 5.41) is 16.2. The number of amides is 1. The van der Waals surface area contributed by atoms with Crippen LogP contribution in [-0.4, -0.2) is 58.4 Å². The van der Waals surface area contributed by atoms with E-state index in [0.717, 1.165) is 6.20 Å². The number of ether oxygens (including phenoxy) is 1. The van der Waals surface area contributed by atoms with E-state index in [1.165, 1.54) is 6.07 Å². The fourth-order valence-electron chi connectivity index (χ4n) is 2.35. The Kier molecular flexibility index (Phi) is 5.83. The molecule has 0 unspecified atom stereocenters. The van der Waals surface area contributed by atoms with Gasteiger partial charge in [-0.05, 0) is 18.9 Å². The number of primary amides is 1. The van der Waals surface area contributed by atoms with Gasteiger partial charge in [-0.3, -0.25) is 4.79 Å². The smallest absolute Gasteiger partial charge is 0.474 e. The second-order valence-electron chi connectivity index (χ2n) is 5.62. The molecule has 1 saturated carbocycles. The highest BCUT2D eigenvalue weighted by atomic mass is 35.5. The Balaban J connectivity index is 2.35. The number of rotatable bonds is 8. The molecule has 2 rings (SSSR count). The molecule has 1 heterocycles. The van der Waals surface area contributed by atoms with Crippen molar-refractivity contribution < 1.29 is 31.1 Å². The van der Waals surface area contributed by atoms with Gasteiger partial charge in [-0.1, -0.05) is 0 Å². The van der Waals surface area contributed by atoms with E-state index < -0.39 is 51.4 Å². The molecule has 0 radical (unpaired) electrons. The normalized spacial score (nSPS) is 17.2. The fourth-order valence-corrected chi connectivity index (χ4v) is 4.09. The monoisotopic (exact) mass is 427 g/mol. The summed E-state index contributed by atoms with van der Waals surface area (Å²) in [5.74, 6) is -1.94. The number of sulfonamides is 1. The van der Waals surface area contributed by atoms with Crippen LogP contribution < -0.4 is 10.5 Å². The van der Waals surface area contributed by atoms with Gasteiger partial charge in [-0.15, -0.1) is 16.7 Å². The number of nitriles is 1. The predicted octanol–water partition coefficient (Wildman–Crippen LogP) is 0.769. The maximum Gasteiger partial charge on any atom is 0.511 e. The van der Waals surface area contributed by atoms with Crippen LogP contribution in [-0.2, 0) is 10.0 Å². The Morgan fingerprint density at radius 1 is 1.52 bits per heavy atom. The molecule has 1 aliphatic rings. The molecule has 2 N–H and O–H groups in total. The molecule has 0 aromatic carbocycles. The van der Waals surface area contributed by atoms with Gasteiger partial charge in [0.15, 0.2) is 0 Å². The number of hydrogen-bond acceptors (Lipinski definition) is 7. The van der Waals surface area contributed by atoms with E-state index in [-0.39, 0.29) is 22.7 Å². The number of alkyl halides is 4. The third-order valence-corrected chi connectivity index (χ3v) is 5.89. The van der Waals surface area contributed by atoms with Crippen LogP contribution in [0.5, 0.6) is 5.88 Å². The molecule has 1 aromatic rings. The van der Waals surface area contributed by atoms with Gasteiger partial charge in [0, 0.05) is 5.88 Å². The number of carbonyl (C=O) groups excluding carboxylic acids is 1. The predicted molar refractivity (Wildman–Crippen MR) is 84.9 cm³/mol. The molecule has 148 valence electrons. The van der Waals surface area contributed by atoms with E-state index in [1.807, 2.05) is 0 Å². The number of nitrogens with zero attached hydrogens (tertiary/aromatic N) is 4. The molecule has 0 saturated heterocycles. The molecular formula is C13H13ClF3N5O4S. The van der Waals surface area contributed by atoms with Gasteiger partial charge in [0.2, 0.25) is 5.88 Å². The standard InChI is InChI=1S/C13H13ClF3N5O4S/c14-5-8(6-26-11-9(10(19)23)1-4-20-21-11)22(12(7-18)2-3-12)27(24,25)13(15,16)17/h1,4,8H,2-3,5-6H2,(H2,19,23)/t8-/m1/s1. The molecule has 14 heteroatoms. The van der Waals surface area contributed by atoms with Crippen LogP contribution in [0.4, 0.5) is 13.2 Å². The average Bonchev–Trinajstić information content (AvgIpc) is 3.38. The lowest BCUT2D eigenvalue weighted by Gasteiger charge is -2.33. The van der Waals surface area contributed by atoms with Crippen molar-refractivity contribution in [1.82, 2.24) is 14.5 Å². The zero-order valence-electron chi connectivity index (χ0n) is 13.5. The van der Waals surface area contributed by atoms with Gasteiger partial charge in [-0.25, -0.2) is 8.42 Å². The lowest BCUT2D eigenvalue weighted by Crippen LogP contribution is -2.55. The Hall–Kier alpha value is -2.17. The molecule has 1 aromatic heterocycles. The first-order chi connectivity index (χ1) is 12.5. The zero-order chi connectivity index (χ0) is 20.5. The van der Waals surface area contributed by atoms with Crippen molar-refractivity contribution in [2.24, 2.45) is 5.73 Å². The van der Waals surface area contributed by atoms with Crippen molar-refractivity contribution in [3.8, 4) is 11.9 Å². The fraction of sp³-hybridized carbons (Fsp3) is 0.538. The molecular weight excluding hydrogens is 415 g/mol. The second kappa shape index (κ2) is 7.45. The molecule has 1 atom stereocenters. The average molecular weight is 428 g/mol. The molecule has 0 spiro atoms. The first kappa shape index (κ1) is 21.1. The summed E-state index contributed by atoms with van der Waals surface area (Å²) in [4.78, 5) is 11.3. The van der Waals surface area contributed by atoms with Crippen molar-refractivity contribution in [3.63, 3.8) is 0 Å². The minimum Gasteiger partial charge on any atom is -0.474 e. The Morgan fingerprint density at radius 3 is 2.59 bits per heavy atom. The lowest BCUT2D eigenvalue weighted by molar-refractivity contribution is -0.0516. The molecule has 27 heavy (non-hydrogen) atoms. The van der Waals surface area contributed by atoms with Crippen LogP contribution in [0.2, 0.25) is 0 Å². The number of aromatic nitrogens is 2. The maximum atomic E-state index is 13.1. The van der Waals surface area contributed by atoms with Crippen molar-refractivity contribution in [3.05, 3.63) is 17.8 Å². The van der Waals surface area contributed by atoms with Crippen LogP contribution in [0, 0.1) is 11.3 Å².